The summed E-state index contributed by atoms with van der Waals surface area (Å²) >= 11 is 0. The third-order valence-electron chi connectivity index (χ3n) is 7.36. The van der Waals surface area contributed by atoms with Crippen LogP contribution in [-0.2, 0) is 0 Å². The molecule has 1 saturated carbocycles. The number of methoxy groups -OCH3 is 1. The van der Waals surface area contributed by atoms with Crippen molar-refractivity contribution in [1.82, 2.24) is 9.88 Å². The maximum atomic E-state index is 16.2. The lowest BCUT2D eigenvalue weighted by atomic mass is 9.94. The Morgan fingerprint density at radius 2 is 2.06 bits per heavy atom. The van der Waals surface area contributed by atoms with Gasteiger partial charge in [0.25, 0.3) is 0 Å². The van der Waals surface area contributed by atoms with Crippen LogP contribution in [0.3, 0.4) is 0 Å². The van der Waals surface area contributed by atoms with Gasteiger partial charge >= 0.3 is 5.97 Å². The molecule has 5 rings (SSSR count). The van der Waals surface area contributed by atoms with Crippen molar-refractivity contribution in [3.63, 3.8) is 0 Å². The molecule has 9 heteroatoms. The zero-order valence-electron chi connectivity index (χ0n) is 19.3. The third-order valence-corrected chi connectivity index (χ3v) is 7.36. The Kier molecular flexibility index (Phi) is 5.47. The Bertz CT molecular complexity index is 1180. The van der Waals surface area contributed by atoms with E-state index in [0.717, 1.165) is 32.2 Å². The van der Waals surface area contributed by atoms with Crippen LogP contribution in [0.25, 0.3) is 10.9 Å². The molecule has 2 unspecified atom stereocenters. The number of nitrogens with zero attached hydrogens (tertiary/aromatic N) is 2. The van der Waals surface area contributed by atoms with Crippen LogP contribution >= 0.6 is 0 Å². The number of carbonyl (C=O) groups is 1. The molecule has 1 aromatic heterocycles. The predicted molar refractivity (Wildman–Crippen MR) is 126 cm³/mol. The molecule has 3 aliphatic rings. The molecule has 3 fully saturated rings. The quantitative estimate of drug-likeness (QED) is 0.612. The Morgan fingerprint density at radius 3 is 2.67 bits per heavy atom. The second-order valence-electron chi connectivity index (χ2n) is 9.39. The van der Waals surface area contributed by atoms with Crippen molar-refractivity contribution in [2.45, 2.75) is 51.6 Å². The predicted octanol–water partition coefficient (Wildman–Crippen LogP) is 3.11. The summed E-state index contributed by atoms with van der Waals surface area (Å²) in [7, 11) is 1.49. The largest absolute Gasteiger partial charge is 0.492 e. The fourth-order valence-corrected chi connectivity index (χ4v) is 5.79. The number of carboxylic acids is 1. The maximum Gasteiger partial charge on any atom is 0.341 e. The van der Waals surface area contributed by atoms with Crippen molar-refractivity contribution >= 4 is 28.2 Å². The first-order chi connectivity index (χ1) is 15.9. The molecule has 2 atom stereocenters. The summed E-state index contributed by atoms with van der Waals surface area (Å²) in [4.78, 5) is 27.5. The highest BCUT2D eigenvalue weighted by molar-refractivity contribution is 6.04. The van der Waals surface area contributed by atoms with E-state index in [-0.39, 0.29) is 22.7 Å². The van der Waals surface area contributed by atoms with Crippen molar-refractivity contribution in [3.05, 3.63) is 27.3 Å². The second-order valence-corrected chi connectivity index (χ2v) is 9.39. The average Bonchev–Trinajstić information content (AvgIpc) is 3.52. The summed E-state index contributed by atoms with van der Waals surface area (Å²) in [6.07, 6.45) is 3.96. The smallest absolute Gasteiger partial charge is 0.341 e. The number of anilines is 2. The molecule has 1 aliphatic carbocycles. The Morgan fingerprint density at radius 1 is 1.30 bits per heavy atom. The Labute approximate surface area is 191 Å². The topological polar surface area (TPSA) is 95.8 Å². The number of pyridine rings is 1. The van der Waals surface area contributed by atoms with Gasteiger partial charge in [-0.15, -0.1) is 0 Å². The number of carboxylic acid groups (broad SMARTS) is 1. The Balaban J connectivity index is 1.85. The number of rotatable bonds is 6. The minimum absolute atomic E-state index is 0.0552. The van der Waals surface area contributed by atoms with Gasteiger partial charge < -0.3 is 29.9 Å². The molecule has 3 heterocycles. The summed E-state index contributed by atoms with van der Waals surface area (Å²) in [5.74, 6) is -1.11. The van der Waals surface area contributed by atoms with E-state index < -0.39 is 17.2 Å². The van der Waals surface area contributed by atoms with Gasteiger partial charge in [-0.1, -0.05) is 0 Å². The molecule has 8 nitrogen and oxygen atoms in total. The van der Waals surface area contributed by atoms with E-state index in [9.17, 15) is 14.7 Å². The first-order valence-corrected chi connectivity index (χ1v) is 11.8. The number of nitrogens with one attached hydrogen (secondary N) is 2. The van der Waals surface area contributed by atoms with Crippen LogP contribution in [0.15, 0.2) is 4.79 Å². The highest BCUT2D eigenvalue weighted by atomic mass is 19.1. The summed E-state index contributed by atoms with van der Waals surface area (Å²) in [6, 6.07) is 0.360. The van der Waals surface area contributed by atoms with Crippen LogP contribution in [0.5, 0.6) is 5.75 Å². The SMILES string of the molecule is CCNc1c(F)c(N2CC3CCCNC3C2)c(OC)c2c1c(=O)c(C(=O)O)c(C)n2C1CC1. The van der Waals surface area contributed by atoms with E-state index in [1.165, 1.54) is 7.11 Å². The first-order valence-electron chi connectivity index (χ1n) is 11.8. The number of ether oxygens (including phenoxy) is 1. The van der Waals surface area contributed by atoms with Gasteiger partial charge in [0, 0.05) is 37.4 Å². The molecular formula is C24H31FN4O4. The molecular weight excluding hydrogens is 427 g/mol. The minimum atomic E-state index is -1.30. The lowest BCUT2D eigenvalue weighted by Gasteiger charge is -2.27. The standard InChI is InChI=1S/C24H31FN4O4/c1-4-26-19-17-20(29(14-7-8-14)12(2)16(22(17)30)24(31)32)23(33-3)21(18(19)25)28-10-13-6-5-9-27-15(13)11-28/h13-15,26-27H,4-11H2,1-3H3,(H,31,32). The highest BCUT2D eigenvalue weighted by Crippen LogP contribution is 2.48. The number of hydrogen-bond acceptors (Lipinski definition) is 6. The molecule has 2 aliphatic heterocycles. The summed E-state index contributed by atoms with van der Waals surface area (Å²) in [6.45, 7) is 6.22. The van der Waals surface area contributed by atoms with Crippen LogP contribution in [0.4, 0.5) is 15.8 Å². The number of hydrogen-bond donors (Lipinski definition) is 3. The monoisotopic (exact) mass is 458 g/mol. The van der Waals surface area contributed by atoms with Gasteiger partial charge in [-0.25, -0.2) is 9.18 Å². The number of piperidine rings is 1. The van der Waals surface area contributed by atoms with E-state index in [1.807, 2.05) is 16.4 Å². The van der Waals surface area contributed by atoms with E-state index in [0.29, 0.717) is 54.2 Å². The molecule has 3 N–H and O–H groups in total. The molecule has 0 spiro atoms. The molecule has 0 radical (unpaired) electrons. The minimum Gasteiger partial charge on any atom is -0.492 e. The van der Waals surface area contributed by atoms with Gasteiger partial charge in [-0.2, -0.15) is 0 Å². The Hall–Kier alpha value is -2.81. The molecule has 0 amide bonds. The first kappa shape index (κ1) is 22.0. The normalized spacial score (nSPS) is 22.5. The van der Waals surface area contributed by atoms with Gasteiger partial charge in [0.1, 0.15) is 11.3 Å². The summed E-state index contributed by atoms with van der Waals surface area (Å²) < 4.78 is 24.0. The summed E-state index contributed by atoms with van der Waals surface area (Å²) in [5, 5.41) is 16.5. The number of benzene rings is 1. The van der Waals surface area contributed by atoms with Crippen LogP contribution < -0.4 is 25.7 Å². The number of fused-ring (bicyclic) bond motifs is 2. The van der Waals surface area contributed by atoms with E-state index in [2.05, 4.69) is 10.6 Å². The van der Waals surface area contributed by atoms with Crippen LogP contribution in [0.1, 0.15) is 54.7 Å². The van der Waals surface area contributed by atoms with Crippen molar-refractivity contribution in [3.8, 4) is 5.75 Å². The lowest BCUT2D eigenvalue weighted by Crippen LogP contribution is -2.40. The zero-order valence-corrected chi connectivity index (χ0v) is 19.3. The molecule has 2 saturated heterocycles. The van der Waals surface area contributed by atoms with E-state index >= 15 is 4.39 Å². The van der Waals surface area contributed by atoms with E-state index in [4.69, 9.17) is 4.74 Å². The molecule has 0 bridgehead atoms. The van der Waals surface area contributed by atoms with Crippen LogP contribution in [0.2, 0.25) is 0 Å². The number of aromatic carboxylic acids is 1. The fourth-order valence-electron chi connectivity index (χ4n) is 5.79. The summed E-state index contributed by atoms with van der Waals surface area (Å²) in [5.41, 5.74) is 0.309. The average molecular weight is 459 g/mol. The number of halogens is 1. The van der Waals surface area contributed by atoms with Crippen molar-refractivity contribution in [1.29, 1.82) is 0 Å². The molecule has 1 aromatic carbocycles. The molecule has 178 valence electrons. The fraction of sp³-hybridized carbons (Fsp3) is 0.583. The van der Waals surface area contributed by atoms with Crippen molar-refractivity contribution in [2.75, 3.05) is 43.5 Å². The van der Waals surface area contributed by atoms with Gasteiger partial charge in [-0.3, -0.25) is 4.79 Å². The van der Waals surface area contributed by atoms with Crippen LogP contribution in [0, 0.1) is 18.7 Å². The van der Waals surface area contributed by atoms with Gasteiger partial charge in [0.05, 0.1) is 23.7 Å². The number of aromatic nitrogens is 1. The van der Waals surface area contributed by atoms with Crippen molar-refractivity contribution in [2.24, 2.45) is 5.92 Å². The van der Waals surface area contributed by atoms with E-state index in [1.54, 1.807) is 6.92 Å². The third kappa shape index (κ3) is 3.36. The van der Waals surface area contributed by atoms with Crippen LogP contribution in [-0.4, -0.2) is 55.0 Å². The van der Waals surface area contributed by atoms with Gasteiger partial charge in [0.15, 0.2) is 11.6 Å². The maximum absolute atomic E-state index is 16.2. The van der Waals surface area contributed by atoms with Gasteiger partial charge in [-0.05, 0) is 52.0 Å². The van der Waals surface area contributed by atoms with Crippen molar-refractivity contribution < 1.29 is 19.0 Å². The zero-order chi connectivity index (χ0) is 23.4. The second kappa shape index (κ2) is 8.20. The molecule has 33 heavy (non-hydrogen) atoms. The molecule has 2 aromatic rings. The lowest BCUT2D eigenvalue weighted by molar-refractivity contribution is 0.0694. The van der Waals surface area contributed by atoms with Gasteiger partial charge in [0.2, 0.25) is 5.43 Å². The highest BCUT2D eigenvalue weighted by Gasteiger charge is 2.40.